The summed E-state index contributed by atoms with van der Waals surface area (Å²) < 4.78 is 5.61. The van der Waals surface area contributed by atoms with E-state index in [1.807, 2.05) is 30.5 Å². The van der Waals surface area contributed by atoms with Gasteiger partial charge < -0.3 is 15.1 Å². The van der Waals surface area contributed by atoms with Gasteiger partial charge in [-0.2, -0.15) is 0 Å². The van der Waals surface area contributed by atoms with Crippen molar-refractivity contribution in [1.82, 2.24) is 10.6 Å². The number of carbonyl (C=O) groups excluding carboxylic acids is 2. The van der Waals surface area contributed by atoms with Crippen molar-refractivity contribution < 1.29 is 14.0 Å². The topological polar surface area (TPSA) is 71.3 Å². The molecule has 0 unspecified atom stereocenters. The van der Waals surface area contributed by atoms with Gasteiger partial charge in [0.25, 0.3) is 11.8 Å². The average molecular weight is 389 g/mol. The molecule has 0 bridgehead atoms. The fourth-order valence-electron chi connectivity index (χ4n) is 2.30. The van der Waals surface area contributed by atoms with E-state index >= 15 is 0 Å². The van der Waals surface area contributed by atoms with Crippen LogP contribution in [0.15, 0.2) is 52.3 Å². The summed E-state index contributed by atoms with van der Waals surface area (Å²) in [6.45, 7) is 2.57. The molecule has 1 aromatic carbocycles. The zero-order chi connectivity index (χ0) is 18.5. The number of rotatable bonds is 6. The number of amides is 2. The first-order valence-corrected chi connectivity index (χ1v) is 9.26. The zero-order valence-corrected chi connectivity index (χ0v) is 15.6. The van der Waals surface area contributed by atoms with Crippen molar-refractivity contribution in [3.63, 3.8) is 0 Å². The molecule has 0 fully saturated rings. The van der Waals surface area contributed by atoms with Gasteiger partial charge in [-0.3, -0.25) is 9.59 Å². The van der Waals surface area contributed by atoms with E-state index in [0.29, 0.717) is 28.7 Å². The Kier molecular flexibility index (Phi) is 5.75. The highest BCUT2D eigenvalue weighted by Gasteiger charge is 2.13. The summed E-state index contributed by atoms with van der Waals surface area (Å²) in [6.07, 6.45) is 0. The molecular weight excluding hydrogens is 372 g/mol. The van der Waals surface area contributed by atoms with Crippen LogP contribution in [0.3, 0.4) is 0 Å². The largest absolute Gasteiger partial charge is 0.451 e. The maximum absolute atomic E-state index is 12.1. The zero-order valence-electron chi connectivity index (χ0n) is 14.0. The molecule has 7 heteroatoms. The lowest BCUT2D eigenvalue weighted by atomic mass is 10.1. The number of furan rings is 1. The summed E-state index contributed by atoms with van der Waals surface area (Å²) in [5, 5.41) is 7.95. The Labute approximate surface area is 160 Å². The van der Waals surface area contributed by atoms with E-state index in [-0.39, 0.29) is 17.6 Å². The number of hydrogen-bond donors (Lipinski definition) is 2. The molecule has 3 aromatic rings. The van der Waals surface area contributed by atoms with Gasteiger partial charge in [-0.1, -0.05) is 29.8 Å². The van der Waals surface area contributed by atoms with Crippen LogP contribution in [0.2, 0.25) is 5.02 Å². The van der Waals surface area contributed by atoms with E-state index < -0.39 is 0 Å². The van der Waals surface area contributed by atoms with Gasteiger partial charge in [0.1, 0.15) is 5.76 Å². The average Bonchev–Trinajstić information content (AvgIpc) is 3.32. The van der Waals surface area contributed by atoms with Gasteiger partial charge >= 0.3 is 0 Å². The molecule has 0 spiro atoms. The molecule has 0 saturated carbocycles. The number of thiophene rings is 1. The van der Waals surface area contributed by atoms with Gasteiger partial charge in [0.15, 0.2) is 5.76 Å². The summed E-state index contributed by atoms with van der Waals surface area (Å²) in [6, 6.07) is 12.5. The predicted molar refractivity (Wildman–Crippen MR) is 103 cm³/mol. The van der Waals surface area contributed by atoms with E-state index in [9.17, 15) is 9.59 Å². The van der Waals surface area contributed by atoms with E-state index in [1.54, 1.807) is 24.3 Å². The first-order valence-electron chi connectivity index (χ1n) is 8.01. The van der Waals surface area contributed by atoms with Crippen molar-refractivity contribution in [3.05, 3.63) is 69.1 Å². The molecule has 0 radical (unpaired) electrons. The number of halogens is 1. The first kappa shape index (κ1) is 18.2. The van der Waals surface area contributed by atoms with Gasteiger partial charge in [-0.25, -0.2) is 0 Å². The number of nitrogens with one attached hydrogen (secondary N) is 2. The van der Waals surface area contributed by atoms with E-state index in [2.05, 4.69) is 10.6 Å². The van der Waals surface area contributed by atoms with Crippen LogP contribution in [0, 0.1) is 6.92 Å². The third-order valence-corrected chi connectivity index (χ3v) is 5.00. The van der Waals surface area contributed by atoms with Crippen LogP contribution in [0.25, 0.3) is 11.3 Å². The quantitative estimate of drug-likeness (QED) is 0.623. The molecule has 0 saturated heterocycles. The molecule has 3 rings (SSSR count). The van der Waals surface area contributed by atoms with E-state index in [4.69, 9.17) is 16.0 Å². The van der Waals surface area contributed by atoms with Crippen LogP contribution in [-0.2, 0) is 0 Å². The molecule has 0 atom stereocenters. The predicted octanol–water partition coefficient (Wildman–Crippen LogP) is 4.13. The third kappa shape index (κ3) is 4.33. The number of hydrogen-bond acceptors (Lipinski definition) is 4. The van der Waals surface area contributed by atoms with Crippen LogP contribution in [0.5, 0.6) is 0 Å². The highest BCUT2D eigenvalue weighted by molar-refractivity contribution is 7.12. The van der Waals surface area contributed by atoms with Crippen molar-refractivity contribution in [3.8, 4) is 11.3 Å². The Bertz CT molecular complexity index is 919. The second-order valence-corrected chi connectivity index (χ2v) is 6.97. The monoisotopic (exact) mass is 388 g/mol. The molecule has 2 N–H and O–H groups in total. The van der Waals surface area contributed by atoms with Crippen LogP contribution in [0.4, 0.5) is 0 Å². The van der Waals surface area contributed by atoms with Crippen LogP contribution < -0.4 is 10.6 Å². The lowest BCUT2D eigenvalue weighted by Crippen LogP contribution is -2.34. The summed E-state index contributed by atoms with van der Waals surface area (Å²) in [7, 11) is 0. The fraction of sp³-hybridized carbons (Fsp3) is 0.158. The maximum Gasteiger partial charge on any atom is 0.287 e. The lowest BCUT2D eigenvalue weighted by molar-refractivity contribution is 0.0912. The minimum atomic E-state index is -0.333. The Hall–Kier alpha value is -2.57. The standard InChI is InChI=1S/C19H17ClN2O3S/c1-12-4-5-13(11-14(12)20)15-6-7-16(25-15)18(23)21-8-9-22-19(24)17-3-2-10-26-17/h2-7,10-11H,8-9H2,1H3,(H,21,23)(H,22,24). The minimum Gasteiger partial charge on any atom is -0.451 e. The number of aryl methyl sites for hydroxylation is 1. The summed E-state index contributed by atoms with van der Waals surface area (Å²) in [4.78, 5) is 24.6. The van der Waals surface area contributed by atoms with Crippen molar-refractivity contribution in [1.29, 1.82) is 0 Å². The Balaban J connectivity index is 1.51. The molecule has 0 aliphatic heterocycles. The summed E-state index contributed by atoms with van der Waals surface area (Å²) >= 11 is 7.50. The van der Waals surface area contributed by atoms with Gasteiger partial charge in [-0.05, 0) is 42.1 Å². The maximum atomic E-state index is 12.1. The van der Waals surface area contributed by atoms with Crippen LogP contribution in [-0.4, -0.2) is 24.9 Å². The highest BCUT2D eigenvalue weighted by Crippen LogP contribution is 2.26. The second kappa shape index (κ2) is 8.21. The minimum absolute atomic E-state index is 0.147. The Morgan fingerprint density at radius 2 is 1.85 bits per heavy atom. The van der Waals surface area contributed by atoms with Gasteiger partial charge in [0.2, 0.25) is 0 Å². The molecule has 5 nitrogen and oxygen atoms in total. The lowest BCUT2D eigenvalue weighted by Gasteiger charge is -2.05. The third-order valence-electron chi connectivity index (χ3n) is 3.73. The summed E-state index contributed by atoms with van der Waals surface area (Å²) in [5.74, 6) is 0.301. The highest BCUT2D eigenvalue weighted by atomic mass is 35.5. The first-order chi connectivity index (χ1) is 12.5. The second-order valence-electron chi connectivity index (χ2n) is 5.62. The SMILES string of the molecule is Cc1ccc(-c2ccc(C(=O)NCCNC(=O)c3cccs3)o2)cc1Cl. The van der Waals surface area contributed by atoms with E-state index in [1.165, 1.54) is 11.3 Å². The molecular formula is C19H17ClN2O3S. The molecule has 26 heavy (non-hydrogen) atoms. The van der Waals surface area contributed by atoms with Gasteiger partial charge in [0.05, 0.1) is 4.88 Å². The molecule has 2 amide bonds. The van der Waals surface area contributed by atoms with Crippen molar-refractivity contribution >= 4 is 34.8 Å². The Morgan fingerprint density at radius 3 is 2.54 bits per heavy atom. The fourth-order valence-corrected chi connectivity index (χ4v) is 3.12. The Morgan fingerprint density at radius 1 is 1.08 bits per heavy atom. The van der Waals surface area contributed by atoms with Gasteiger partial charge in [-0.15, -0.1) is 11.3 Å². The molecule has 2 heterocycles. The van der Waals surface area contributed by atoms with Crippen molar-refractivity contribution in [2.24, 2.45) is 0 Å². The van der Waals surface area contributed by atoms with Crippen LogP contribution >= 0.6 is 22.9 Å². The number of carbonyl (C=O) groups is 2. The van der Waals surface area contributed by atoms with Crippen molar-refractivity contribution in [2.75, 3.05) is 13.1 Å². The molecule has 2 aromatic heterocycles. The molecule has 0 aliphatic rings. The van der Waals surface area contributed by atoms with Gasteiger partial charge in [0, 0.05) is 23.7 Å². The normalized spacial score (nSPS) is 10.5. The molecule has 0 aliphatic carbocycles. The number of benzene rings is 1. The molecule has 134 valence electrons. The van der Waals surface area contributed by atoms with Crippen LogP contribution in [0.1, 0.15) is 25.8 Å². The summed E-state index contributed by atoms with van der Waals surface area (Å²) in [5.41, 5.74) is 1.78. The van der Waals surface area contributed by atoms with Crippen molar-refractivity contribution in [2.45, 2.75) is 6.92 Å². The van der Waals surface area contributed by atoms with E-state index in [0.717, 1.165) is 11.1 Å². The smallest absolute Gasteiger partial charge is 0.287 e.